The van der Waals surface area contributed by atoms with Gasteiger partial charge < -0.3 is 10.4 Å². The zero-order valence-corrected chi connectivity index (χ0v) is 10.4. The van der Waals surface area contributed by atoms with E-state index in [2.05, 4.69) is 16.2 Å². The summed E-state index contributed by atoms with van der Waals surface area (Å²) < 4.78 is 0. The van der Waals surface area contributed by atoms with E-state index in [1.165, 1.54) is 30.0 Å². The summed E-state index contributed by atoms with van der Waals surface area (Å²) in [5.41, 5.74) is -0.0544. The summed E-state index contributed by atoms with van der Waals surface area (Å²) in [6.45, 7) is 0.462. The maximum Gasteiger partial charge on any atom is 0.354 e. The summed E-state index contributed by atoms with van der Waals surface area (Å²) in [5.74, 6) is 2.24. The summed E-state index contributed by atoms with van der Waals surface area (Å²) in [4.78, 5) is 26.1. The molecule has 18 heavy (non-hydrogen) atoms. The molecule has 1 aromatic rings. The van der Waals surface area contributed by atoms with Gasteiger partial charge in [-0.15, -0.1) is 18.2 Å². The number of carbonyl (C=O) groups excluding carboxylic acids is 1. The van der Waals surface area contributed by atoms with Crippen LogP contribution in [-0.2, 0) is 0 Å². The topological polar surface area (TPSA) is 79.3 Å². The first-order valence-corrected chi connectivity index (χ1v) is 6.30. The fourth-order valence-corrected chi connectivity index (χ4v) is 1.65. The first-order valence-electron chi connectivity index (χ1n) is 5.15. The van der Waals surface area contributed by atoms with Gasteiger partial charge in [0.1, 0.15) is 11.4 Å². The van der Waals surface area contributed by atoms with Crippen molar-refractivity contribution in [2.45, 2.75) is 0 Å². The fourth-order valence-electron chi connectivity index (χ4n) is 1.14. The highest BCUT2D eigenvalue weighted by atomic mass is 32.2. The van der Waals surface area contributed by atoms with Crippen LogP contribution in [0.15, 0.2) is 18.2 Å². The van der Waals surface area contributed by atoms with E-state index in [1.54, 1.807) is 0 Å². The molecule has 2 N–H and O–H groups in total. The largest absolute Gasteiger partial charge is 0.477 e. The predicted octanol–water partition coefficient (Wildman–Crippen LogP) is 0.876. The highest BCUT2D eigenvalue weighted by Crippen LogP contribution is 2.00. The second kappa shape index (κ2) is 7.35. The first kappa shape index (κ1) is 14.1. The molecular weight excluding hydrogens is 252 g/mol. The van der Waals surface area contributed by atoms with Gasteiger partial charge >= 0.3 is 5.97 Å². The number of hydrogen-bond donors (Lipinski definition) is 2. The van der Waals surface area contributed by atoms with Crippen LogP contribution in [0.5, 0.6) is 0 Å². The Labute approximate surface area is 109 Å². The molecule has 1 amide bonds. The Morgan fingerprint density at radius 2 is 2.17 bits per heavy atom. The van der Waals surface area contributed by atoms with Gasteiger partial charge in [-0.1, -0.05) is 12.0 Å². The molecule has 0 saturated carbocycles. The third-order valence-corrected chi connectivity index (χ3v) is 2.78. The Hall–Kier alpha value is -2.00. The second-order valence-corrected chi connectivity index (χ2v) is 4.33. The molecule has 0 radical (unpaired) electrons. The van der Waals surface area contributed by atoms with Crippen LogP contribution in [0.4, 0.5) is 0 Å². The zero-order chi connectivity index (χ0) is 13.4. The van der Waals surface area contributed by atoms with Gasteiger partial charge in [-0.2, -0.15) is 0 Å². The molecule has 0 aliphatic carbocycles. The zero-order valence-electron chi connectivity index (χ0n) is 9.55. The highest BCUT2D eigenvalue weighted by molar-refractivity contribution is 7.99. The number of rotatable bonds is 6. The molecule has 0 saturated heterocycles. The van der Waals surface area contributed by atoms with Gasteiger partial charge in [0, 0.05) is 12.3 Å². The van der Waals surface area contributed by atoms with Crippen molar-refractivity contribution in [2.24, 2.45) is 0 Å². The SMILES string of the molecule is C#CCSCCNC(=O)c1cccc(C(=O)O)n1. The average molecular weight is 264 g/mol. The third kappa shape index (κ3) is 4.47. The summed E-state index contributed by atoms with van der Waals surface area (Å²) >= 11 is 1.53. The quantitative estimate of drug-likeness (QED) is 0.589. The third-order valence-electron chi connectivity index (χ3n) is 1.92. The summed E-state index contributed by atoms with van der Waals surface area (Å²) in [6.07, 6.45) is 5.08. The number of carboxylic acids is 1. The van der Waals surface area contributed by atoms with E-state index in [0.29, 0.717) is 18.1 Å². The number of aromatic nitrogens is 1. The first-order chi connectivity index (χ1) is 8.65. The number of terminal acetylenes is 1. The van der Waals surface area contributed by atoms with Gasteiger partial charge in [0.25, 0.3) is 5.91 Å². The minimum absolute atomic E-state index is 0.0943. The number of nitrogens with zero attached hydrogens (tertiary/aromatic N) is 1. The second-order valence-electron chi connectivity index (χ2n) is 3.23. The van der Waals surface area contributed by atoms with Gasteiger partial charge in [-0.25, -0.2) is 9.78 Å². The number of nitrogens with one attached hydrogen (secondary N) is 1. The molecule has 0 aliphatic heterocycles. The smallest absolute Gasteiger partial charge is 0.354 e. The Morgan fingerprint density at radius 1 is 1.44 bits per heavy atom. The van der Waals surface area contributed by atoms with Crippen molar-refractivity contribution in [2.75, 3.05) is 18.1 Å². The molecule has 5 nitrogen and oxygen atoms in total. The van der Waals surface area contributed by atoms with Gasteiger partial charge in [-0.05, 0) is 12.1 Å². The van der Waals surface area contributed by atoms with Crippen molar-refractivity contribution in [3.63, 3.8) is 0 Å². The van der Waals surface area contributed by atoms with E-state index in [-0.39, 0.29) is 17.3 Å². The highest BCUT2D eigenvalue weighted by Gasteiger charge is 2.10. The van der Waals surface area contributed by atoms with Crippen molar-refractivity contribution in [1.82, 2.24) is 10.3 Å². The van der Waals surface area contributed by atoms with Crippen LogP contribution >= 0.6 is 11.8 Å². The van der Waals surface area contributed by atoms with Crippen molar-refractivity contribution >= 4 is 23.6 Å². The van der Waals surface area contributed by atoms with Gasteiger partial charge in [0.15, 0.2) is 0 Å². The number of carboxylic acid groups (broad SMARTS) is 1. The maximum atomic E-state index is 11.6. The monoisotopic (exact) mass is 264 g/mol. The number of aromatic carboxylic acids is 1. The van der Waals surface area contributed by atoms with E-state index >= 15 is 0 Å². The molecule has 0 spiro atoms. The number of amides is 1. The Kier molecular flexibility index (Phi) is 5.74. The van der Waals surface area contributed by atoms with E-state index in [9.17, 15) is 9.59 Å². The lowest BCUT2D eigenvalue weighted by Crippen LogP contribution is -2.27. The minimum atomic E-state index is -1.16. The molecular formula is C12H12N2O3S. The maximum absolute atomic E-state index is 11.6. The fraction of sp³-hybridized carbons (Fsp3) is 0.250. The van der Waals surface area contributed by atoms with Gasteiger partial charge in [0.05, 0.1) is 5.75 Å². The number of pyridine rings is 1. The summed E-state index contributed by atoms with van der Waals surface area (Å²) in [5, 5.41) is 11.4. The normalized spacial score (nSPS) is 9.50. The number of carbonyl (C=O) groups is 2. The molecule has 6 heteroatoms. The molecule has 0 aromatic carbocycles. The van der Waals surface area contributed by atoms with Crippen molar-refractivity contribution in [3.8, 4) is 12.3 Å². The molecule has 1 rings (SSSR count). The van der Waals surface area contributed by atoms with E-state index < -0.39 is 5.97 Å². The van der Waals surface area contributed by atoms with Gasteiger partial charge in [-0.3, -0.25) is 4.79 Å². The molecule has 0 bridgehead atoms. The van der Waals surface area contributed by atoms with Gasteiger partial charge in [0.2, 0.25) is 0 Å². The van der Waals surface area contributed by atoms with Crippen LogP contribution in [0, 0.1) is 12.3 Å². The standard InChI is InChI=1S/C12H12N2O3S/c1-2-7-18-8-6-13-11(15)9-4-3-5-10(14-9)12(16)17/h1,3-5H,6-8H2,(H,13,15)(H,16,17). The number of hydrogen-bond acceptors (Lipinski definition) is 4. The lowest BCUT2D eigenvalue weighted by molar-refractivity contribution is 0.0690. The summed E-state index contributed by atoms with van der Waals surface area (Å²) in [6, 6.07) is 4.29. The summed E-state index contributed by atoms with van der Waals surface area (Å²) in [7, 11) is 0. The molecule has 94 valence electrons. The molecule has 0 unspecified atom stereocenters. The van der Waals surface area contributed by atoms with Crippen LogP contribution in [0.2, 0.25) is 0 Å². The minimum Gasteiger partial charge on any atom is -0.477 e. The Balaban J connectivity index is 2.49. The van der Waals surface area contributed by atoms with Crippen molar-refractivity contribution in [3.05, 3.63) is 29.6 Å². The van der Waals surface area contributed by atoms with E-state index in [1.807, 2.05) is 0 Å². The van der Waals surface area contributed by atoms with Crippen LogP contribution in [-0.4, -0.2) is 40.0 Å². The lowest BCUT2D eigenvalue weighted by Gasteiger charge is -2.04. The van der Waals surface area contributed by atoms with E-state index in [0.717, 1.165) is 0 Å². The van der Waals surface area contributed by atoms with Crippen LogP contribution in [0.3, 0.4) is 0 Å². The van der Waals surface area contributed by atoms with Crippen molar-refractivity contribution in [1.29, 1.82) is 0 Å². The number of thioether (sulfide) groups is 1. The molecule has 0 aliphatic rings. The van der Waals surface area contributed by atoms with Crippen LogP contribution in [0.25, 0.3) is 0 Å². The molecule has 0 fully saturated rings. The molecule has 1 heterocycles. The predicted molar refractivity (Wildman–Crippen MR) is 69.7 cm³/mol. The van der Waals surface area contributed by atoms with Crippen molar-refractivity contribution < 1.29 is 14.7 Å². The van der Waals surface area contributed by atoms with Crippen LogP contribution in [0.1, 0.15) is 21.0 Å². The average Bonchev–Trinajstić information content (AvgIpc) is 2.38. The molecule has 0 atom stereocenters. The lowest BCUT2D eigenvalue weighted by atomic mass is 10.3. The van der Waals surface area contributed by atoms with Crippen LogP contribution < -0.4 is 5.32 Å². The Morgan fingerprint density at radius 3 is 2.83 bits per heavy atom. The van der Waals surface area contributed by atoms with E-state index in [4.69, 9.17) is 11.5 Å². The Bertz CT molecular complexity index is 482. The molecule has 1 aromatic heterocycles.